The molecule has 0 fully saturated rings. The lowest BCUT2D eigenvalue weighted by molar-refractivity contribution is 0.0694. The molecule has 1 rings (SSSR count). The van der Waals surface area contributed by atoms with Gasteiger partial charge in [0, 0.05) is 33.4 Å². The molecular weight excluding hydrogens is 230 g/mol. The lowest BCUT2D eigenvalue weighted by atomic mass is 10.2. The Kier molecular flexibility index (Phi) is 6.64. The van der Waals surface area contributed by atoms with Crippen LogP contribution in [0.15, 0.2) is 18.3 Å². The molecule has 0 bridgehead atoms. The molecule has 0 aromatic carbocycles. The van der Waals surface area contributed by atoms with E-state index in [1.54, 1.807) is 7.11 Å². The van der Waals surface area contributed by atoms with Crippen molar-refractivity contribution in [3.8, 4) is 0 Å². The maximum absolute atomic E-state index is 9.65. The first-order valence-corrected chi connectivity index (χ1v) is 6.21. The number of rotatable bonds is 8. The van der Waals surface area contributed by atoms with Crippen molar-refractivity contribution < 1.29 is 9.84 Å². The third-order valence-electron chi connectivity index (χ3n) is 2.62. The second-order valence-electron chi connectivity index (χ2n) is 4.29. The number of anilines is 1. The van der Waals surface area contributed by atoms with Crippen molar-refractivity contribution in [2.75, 3.05) is 38.8 Å². The number of ether oxygens (including phenoxy) is 1. The molecule has 0 aliphatic carbocycles. The molecule has 1 atom stereocenters. The number of aliphatic hydroxyl groups excluding tert-OH is 1. The first-order chi connectivity index (χ1) is 8.67. The normalized spacial score (nSPS) is 12.4. The van der Waals surface area contributed by atoms with Gasteiger partial charge in [0.2, 0.25) is 0 Å². The predicted octanol–water partition coefficient (Wildman–Crippen LogP) is 0.635. The molecular formula is C13H23N3O2. The van der Waals surface area contributed by atoms with Crippen LogP contribution in [0, 0.1) is 0 Å². The van der Waals surface area contributed by atoms with Crippen LogP contribution in [0.25, 0.3) is 0 Å². The molecule has 0 radical (unpaired) electrons. The van der Waals surface area contributed by atoms with E-state index in [0.717, 1.165) is 24.5 Å². The van der Waals surface area contributed by atoms with E-state index in [2.05, 4.69) is 17.2 Å². The zero-order valence-electron chi connectivity index (χ0n) is 11.4. The summed E-state index contributed by atoms with van der Waals surface area (Å²) in [6, 6.07) is 4.01. The molecule has 2 N–H and O–H groups in total. The highest BCUT2D eigenvalue weighted by atomic mass is 16.5. The van der Waals surface area contributed by atoms with Gasteiger partial charge in [0.05, 0.1) is 12.7 Å². The van der Waals surface area contributed by atoms with Crippen molar-refractivity contribution in [1.82, 2.24) is 10.3 Å². The van der Waals surface area contributed by atoms with Crippen LogP contribution in [0.4, 0.5) is 5.82 Å². The van der Waals surface area contributed by atoms with Gasteiger partial charge in [-0.1, -0.05) is 13.0 Å². The summed E-state index contributed by atoms with van der Waals surface area (Å²) < 4.78 is 4.90. The van der Waals surface area contributed by atoms with Gasteiger partial charge in [-0.25, -0.2) is 4.98 Å². The van der Waals surface area contributed by atoms with Crippen LogP contribution < -0.4 is 10.2 Å². The molecule has 5 heteroatoms. The molecule has 5 nitrogen and oxygen atoms in total. The highest BCUT2D eigenvalue weighted by Gasteiger charge is 2.09. The summed E-state index contributed by atoms with van der Waals surface area (Å²) in [5.74, 6) is 0.852. The second kappa shape index (κ2) is 8.02. The van der Waals surface area contributed by atoms with Crippen LogP contribution in [0.5, 0.6) is 0 Å². The predicted molar refractivity (Wildman–Crippen MR) is 72.8 cm³/mol. The number of aromatic nitrogens is 1. The highest BCUT2D eigenvalue weighted by molar-refractivity contribution is 5.38. The van der Waals surface area contributed by atoms with Gasteiger partial charge in [-0.3, -0.25) is 0 Å². The van der Waals surface area contributed by atoms with Crippen molar-refractivity contribution in [1.29, 1.82) is 0 Å². The SMILES string of the molecule is CCNCc1ccc(N(C)CC(O)COC)nc1. The molecule has 0 amide bonds. The first kappa shape index (κ1) is 14.9. The molecule has 0 spiro atoms. The van der Waals surface area contributed by atoms with Gasteiger partial charge < -0.3 is 20.1 Å². The summed E-state index contributed by atoms with van der Waals surface area (Å²) in [6.07, 6.45) is 1.36. The van der Waals surface area contributed by atoms with Gasteiger partial charge >= 0.3 is 0 Å². The monoisotopic (exact) mass is 253 g/mol. The van der Waals surface area contributed by atoms with E-state index in [0.29, 0.717) is 13.2 Å². The van der Waals surface area contributed by atoms with Gasteiger partial charge in [-0.2, -0.15) is 0 Å². The Morgan fingerprint density at radius 2 is 2.28 bits per heavy atom. The minimum absolute atomic E-state index is 0.336. The Morgan fingerprint density at radius 1 is 1.50 bits per heavy atom. The van der Waals surface area contributed by atoms with Crippen LogP contribution in [0.1, 0.15) is 12.5 Å². The molecule has 18 heavy (non-hydrogen) atoms. The van der Waals surface area contributed by atoms with Gasteiger partial charge in [-0.05, 0) is 18.2 Å². The number of methoxy groups -OCH3 is 1. The van der Waals surface area contributed by atoms with E-state index < -0.39 is 6.10 Å². The lowest BCUT2D eigenvalue weighted by Gasteiger charge is -2.21. The molecule has 1 heterocycles. The van der Waals surface area contributed by atoms with Crippen LogP contribution in [-0.2, 0) is 11.3 Å². The molecule has 0 aliphatic heterocycles. The fraction of sp³-hybridized carbons (Fsp3) is 0.615. The van der Waals surface area contributed by atoms with Crippen LogP contribution in [0.3, 0.4) is 0 Å². The van der Waals surface area contributed by atoms with Gasteiger partial charge in [0.1, 0.15) is 5.82 Å². The third kappa shape index (κ3) is 5.00. The molecule has 102 valence electrons. The summed E-state index contributed by atoms with van der Waals surface area (Å²) in [6.45, 7) is 4.70. The number of hydrogen-bond donors (Lipinski definition) is 2. The lowest BCUT2D eigenvalue weighted by Crippen LogP contribution is -2.32. The van der Waals surface area contributed by atoms with E-state index in [1.165, 1.54) is 0 Å². The smallest absolute Gasteiger partial charge is 0.128 e. The molecule has 1 aromatic heterocycles. The topological polar surface area (TPSA) is 57.6 Å². The van der Waals surface area contributed by atoms with Crippen molar-refractivity contribution in [2.45, 2.75) is 19.6 Å². The van der Waals surface area contributed by atoms with Crippen LogP contribution in [-0.4, -0.2) is 50.0 Å². The third-order valence-corrected chi connectivity index (χ3v) is 2.62. The summed E-state index contributed by atoms with van der Waals surface area (Å²) in [7, 11) is 3.49. The number of nitrogens with one attached hydrogen (secondary N) is 1. The first-order valence-electron chi connectivity index (χ1n) is 6.21. The average Bonchev–Trinajstić information content (AvgIpc) is 2.37. The highest BCUT2D eigenvalue weighted by Crippen LogP contribution is 2.10. The van der Waals surface area contributed by atoms with E-state index in [1.807, 2.05) is 30.3 Å². The van der Waals surface area contributed by atoms with Gasteiger partial charge in [0.25, 0.3) is 0 Å². The van der Waals surface area contributed by atoms with Crippen LogP contribution in [0.2, 0.25) is 0 Å². The van der Waals surface area contributed by atoms with Gasteiger partial charge in [-0.15, -0.1) is 0 Å². The van der Waals surface area contributed by atoms with Crippen LogP contribution >= 0.6 is 0 Å². The molecule has 0 aliphatic rings. The van der Waals surface area contributed by atoms with Crippen molar-refractivity contribution in [3.05, 3.63) is 23.9 Å². The molecule has 0 saturated carbocycles. The number of pyridine rings is 1. The van der Waals surface area contributed by atoms with Crippen molar-refractivity contribution in [3.63, 3.8) is 0 Å². The minimum Gasteiger partial charge on any atom is -0.389 e. The summed E-state index contributed by atoms with van der Waals surface area (Å²) in [5, 5.41) is 12.9. The summed E-state index contributed by atoms with van der Waals surface area (Å²) in [5.41, 5.74) is 1.16. The average molecular weight is 253 g/mol. The number of aliphatic hydroxyl groups is 1. The Morgan fingerprint density at radius 3 is 2.83 bits per heavy atom. The van der Waals surface area contributed by atoms with Crippen molar-refractivity contribution in [2.24, 2.45) is 0 Å². The number of likely N-dealkylation sites (N-methyl/N-ethyl adjacent to an activating group) is 1. The second-order valence-corrected chi connectivity index (χ2v) is 4.29. The fourth-order valence-corrected chi connectivity index (χ4v) is 1.67. The molecule has 1 unspecified atom stereocenters. The maximum atomic E-state index is 9.65. The van der Waals surface area contributed by atoms with E-state index in [9.17, 15) is 5.11 Å². The van der Waals surface area contributed by atoms with E-state index in [4.69, 9.17) is 4.74 Å². The standard InChI is InChI=1S/C13H23N3O2/c1-4-14-7-11-5-6-13(15-8-11)16(2)9-12(17)10-18-3/h5-6,8,12,14,17H,4,7,9-10H2,1-3H3. The summed E-state index contributed by atoms with van der Waals surface area (Å²) >= 11 is 0. The fourth-order valence-electron chi connectivity index (χ4n) is 1.67. The summed E-state index contributed by atoms with van der Waals surface area (Å²) in [4.78, 5) is 6.30. The van der Waals surface area contributed by atoms with E-state index >= 15 is 0 Å². The molecule has 1 aromatic rings. The van der Waals surface area contributed by atoms with Gasteiger partial charge in [0.15, 0.2) is 0 Å². The Hall–Kier alpha value is -1.17. The Labute approximate surface area is 109 Å². The maximum Gasteiger partial charge on any atom is 0.128 e. The minimum atomic E-state index is -0.497. The number of hydrogen-bond acceptors (Lipinski definition) is 5. The molecule has 0 saturated heterocycles. The van der Waals surface area contributed by atoms with E-state index in [-0.39, 0.29) is 0 Å². The zero-order chi connectivity index (χ0) is 13.4. The Bertz CT molecular complexity index is 330. The number of nitrogens with zero attached hydrogens (tertiary/aromatic N) is 2. The quantitative estimate of drug-likeness (QED) is 0.712. The largest absolute Gasteiger partial charge is 0.389 e. The zero-order valence-corrected chi connectivity index (χ0v) is 11.4. The Balaban J connectivity index is 2.50. The van der Waals surface area contributed by atoms with Crippen molar-refractivity contribution >= 4 is 5.82 Å².